The molecule has 1 N–H and O–H groups in total. The summed E-state index contributed by atoms with van der Waals surface area (Å²) in [5.41, 5.74) is 1.82. The molecule has 1 amide bonds. The fourth-order valence-electron chi connectivity index (χ4n) is 2.65. The number of aryl methyl sites for hydroxylation is 1. The Bertz CT molecular complexity index is 793. The molecule has 3 heterocycles. The lowest BCUT2D eigenvalue weighted by molar-refractivity contribution is 0.102. The first-order valence-electron chi connectivity index (χ1n) is 6.91. The SMILES string of the molecule is O=C(Nc1nccs1)c1c(-n2cnnn2)sc2c1CCCC2. The van der Waals surface area contributed by atoms with Crippen molar-refractivity contribution in [1.29, 1.82) is 0 Å². The van der Waals surface area contributed by atoms with Crippen molar-refractivity contribution in [2.45, 2.75) is 25.7 Å². The van der Waals surface area contributed by atoms with E-state index in [1.807, 2.05) is 5.38 Å². The maximum Gasteiger partial charge on any atom is 0.260 e. The van der Waals surface area contributed by atoms with Crippen molar-refractivity contribution in [2.24, 2.45) is 0 Å². The molecule has 1 aliphatic rings. The fourth-order valence-corrected chi connectivity index (χ4v) is 4.47. The number of tetrazole rings is 1. The van der Waals surface area contributed by atoms with Crippen LogP contribution in [0.25, 0.3) is 5.00 Å². The molecule has 0 saturated carbocycles. The van der Waals surface area contributed by atoms with Gasteiger partial charge in [-0.2, -0.15) is 4.68 Å². The molecule has 3 aromatic rings. The normalized spacial score (nSPS) is 13.8. The van der Waals surface area contributed by atoms with Crippen LogP contribution in [-0.4, -0.2) is 31.1 Å². The molecule has 0 fully saturated rings. The summed E-state index contributed by atoms with van der Waals surface area (Å²) in [4.78, 5) is 18.1. The van der Waals surface area contributed by atoms with Crippen LogP contribution in [0, 0.1) is 0 Å². The standard InChI is InChI=1S/C13H12N6OS2/c20-11(16-13-14-5-6-21-13)10-8-3-1-2-4-9(8)22-12(10)19-7-15-17-18-19/h5-7H,1-4H2,(H,14,16,20). The third-order valence-electron chi connectivity index (χ3n) is 3.59. The first kappa shape index (κ1) is 13.5. The molecule has 0 bridgehead atoms. The van der Waals surface area contributed by atoms with Gasteiger partial charge in [-0.25, -0.2) is 4.98 Å². The Labute approximate surface area is 134 Å². The fraction of sp³-hybridized carbons (Fsp3) is 0.308. The predicted octanol–water partition coefficient (Wildman–Crippen LogP) is 2.31. The molecule has 0 unspecified atom stereocenters. The maximum absolute atomic E-state index is 12.7. The van der Waals surface area contributed by atoms with E-state index in [4.69, 9.17) is 0 Å². The summed E-state index contributed by atoms with van der Waals surface area (Å²) in [5.74, 6) is -0.139. The van der Waals surface area contributed by atoms with E-state index in [0.29, 0.717) is 10.7 Å². The molecule has 0 saturated heterocycles. The van der Waals surface area contributed by atoms with E-state index in [2.05, 4.69) is 25.8 Å². The van der Waals surface area contributed by atoms with Crippen LogP contribution in [-0.2, 0) is 12.8 Å². The number of aromatic nitrogens is 5. The van der Waals surface area contributed by atoms with Crippen molar-refractivity contribution < 1.29 is 4.79 Å². The van der Waals surface area contributed by atoms with Crippen molar-refractivity contribution in [3.05, 3.63) is 33.9 Å². The van der Waals surface area contributed by atoms with Crippen molar-refractivity contribution in [3.8, 4) is 5.00 Å². The summed E-state index contributed by atoms with van der Waals surface area (Å²) >= 11 is 3.01. The van der Waals surface area contributed by atoms with Gasteiger partial charge >= 0.3 is 0 Å². The van der Waals surface area contributed by atoms with E-state index in [1.54, 1.807) is 22.2 Å². The first-order valence-corrected chi connectivity index (χ1v) is 8.61. The smallest absolute Gasteiger partial charge is 0.260 e. The second-order valence-corrected chi connectivity index (χ2v) is 6.92. The Hall–Kier alpha value is -2.13. The molecule has 0 aromatic carbocycles. The molecule has 3 aromatic heterocycles. The zero-order valence-corrected chi connectivity index (χ0v) is 13.2. The van der Waals surface area contributed by atoms with E-state index in [1.165, 1.54) is 22.5 Å². The van der Waals surface area contributed by atoms with Gasteiger partial charge in [0.2, 0.25) is 0 Å². The number of amides is 1. The van der Waals surface area contributed by atoms with Crippen LogP contribution in [0.2, 0.25) is 0 Å². The minimum Gasteiger partial charge on any atom is -0.298 e. The minimum absolute atomic E-state index is 0.139. The lowest BCUT2D eigenvalue weighted by Crippen LogP contribution is -2.16. The van der Waals surface area contributed by atoms with E-state index >= 15 is 0 Å². The summed E-state index contributed by atoms with van der Waals surface area (Å²) < 4.78 is 1.57. The van der Waals surface area contributed by atoms with E-state index < -0.39 is 0 Å². The van der Waals surface area contributed by atoms with Crippen LogP contribution >= 0.6 is 22.7 Å². The van der Waals surface area contributed by atoms with Gasteiger partial charge < -0.3 is 0 Å². The Kier molecular flexibility index (Phi) is 3.43. The number of nitrogens with zero attached hydrogens (tertiary/aromatic N) is 5. The van der Waals surface area contributed by atoms with E-state index in [9.17, 15) is 4.79 Å². The quantitative estimate of drug-likeness (QED) is 0.795. The number of carbonyl (C=O) groups excluding carboxylic acids is 1. The van der Waals surface area contributed by atoms with Gasteiger partial charge in [0, 0.05) is 16.5 Å². The number of rotatable bonds is 3. The van der Waals surface area contributed by atoms with Crippen LogP contribution in [0.5, 0.6) is 0 Å². The number of hydrogen-bond acceptors (Lipinski definition) is 7. The number of hydrogen-bond donors (Lipinski definition) is 1. The predicted molar refractivity (Wildman–Crippen MR) is 83.7 cm³/mol. The molecular formula is C13H12N6OS2. The van der Waals surface area contributed by atoms with Gasteiger partial charge in [0.15, 0.2) is 5.13 Å². The maximum atomic E-state index is 12.7. The first-order chi connectivity index (χ1) is 10.8. The number of fused-ring (bicyclic) bond motifs is 1. The topological polar surface area (TPSA) is 85.6 Å². The second-order valence-electron chi connectivity index (χ2n) is 4.94. The number of thiophene rings is 1. The highest BCUT2D eigenvalue weighted by Gasteiger charge is 2.27. The molecule has 0 atom stereocenters. The zero-order valence-electron chi connectivity index (χ0n) is 11.5. The molecule has 9 heteroatoms. The van der Waals surface area contributed by atoms with Gasteiger partial charge in [0.1, 0.15) is 11.3 Å². The van der Waals surface area contributed by atoms with Gasteiger partial charge in [-0.1, -0.05) is 0 Å². The highest BCUT2D eigenvalue weighted by molar-refractivity contribution is 7.15. The average Bonchev–Trinajstić information content (AvgIpc) is 3.26. The van der Waals surface area contributed by atoms with Gasteiger partial charge in [-0.3, -0.25) is 10.1 Å². The Balaban J connectivity index is 1.79. The van der Waals surface area contributed by atoms with E-state index in [0.717, 1.165) is 36.2 Å². The van der Waals surface area contributed by atoms with Crippen LogP contribution in [0.1, 0.15) is 33.6 Å². The van der Waals surface area contributed by atoms with Crippen LogP contribution in [0.15, 0.2) is 17.9 Å². The number of anilines is 1. The van der Waals surface area contributed by atoms with Crippen molar-refractivity contribution in [1.82, 2.24) is 25.2 Å². The van der Waals surface area contributed by atoms with Crippen molar-refractivity contribution in [3.63, 3.8) is 0 Å². The third-order valence-corrected chi connectivity index (χ3v) is 5.56. The van der Waals surface area contributed by atoms with Gasteiger partial charge in [0.05, 0.1) is 5.56 Å². The highest BCUT2D eigenvalue weighted by Crippen LogP contribution is 2.36. The largest absolute Gasteiger partial charge is 0.298 e. The number of carbonyl (C=O) groups is 1. The van der Waals surface area contributed by atoms with Gasteiger partial charge in [-0.05, 0) is 41.7 Å². The molecule has 22 heavy (non-hydrogen) atoms. The highest BCUT2D eigenvalue weighted by atomic mass is 32.1. The molecule has 0 spiro atoms. The molecule has 0 aliphatic heterocycles. The van der Waals surface area contributed by atoms with Crippen molar-refractivity contribution in [2.75, 3.05) is 5.32 Å². The molecular weight excluding hydrogens is 320 g/mol. The average molecular weight is 332 g/mol. The number of nitrogens with one attached hydrogen (secondary N) is 1. The van der Waals surface area contributed by atoms with Crippen molar-refractivity contribution >= 4 is 33.7 Å². The Morgan fingerprint density at radius 2 is 2.23 bits per heavy atom. The zero-order chi connectivity index (χ0) is 14.9. The number of thiazole rings is 1. The van der Waals surface area contributed by atoms with Crippen LogP contribution in [0.3, 0.4) is 0 Å². The monoisotopic (exact) mass is 332 g/mol. The minimum atomic E-state index is -0.139. The summed E-state index contributed by atoms with van der Waals surface area (Å²) in [7, 11) is 0. The summed E-state index contributed by atoms with van der Waals surface area (Å²) in [6.07, 6.45) is 7.41. The van der Waals surface area contributed by atoms with Crippen LogP contribution < -0.4 is 5.32 Å². The molecule has 4 rings (SSSR count). The van der Waals surface area contributed by atoms with Crippen LogP contribution in [0.4, 0.5) is 5.13 Å². The van der Waals surface area contributed by atoms with Gasteiger partial charge in [-0.15, -0.1) is 27.8 Å². The lowest BCUT2D eigenvalue weighted by atomic mass is 9.95. The van der Waals surface area contributed by atoms with E-state index in [-0.39, 0.29) is 5.91 Å². The summed E-state index contributed by atoms with van der Waals surface area (Å²) in [6.45, 7) is 0. The summed E-state index contributed by atoms with van der Waals surface area (Å²) in [6, 6.07) is 0. The Morgan fingerprint density at radius 1 is 1.32 bits per heavy atom. The molecule has 7 nitrogen and oxygen atoms in total. The molecule has 0 radical (unpaired) electrons. The Morgan fingerprint density at radius 3 is 3.00 bits per heavy atom. The lowest BCUT2D eigenvalue weighted by Gasteiger charge is -2.12. The van der Waals surface area contributed by atoms with Gasteiger partial charge in [0.25, 0.3) is 5.91 Å². The second kappa shape index (κ2) is 5.58. The third kappa shape index (κ3) is 2.32. The summed E-state index contributed by atoms with van der Waals surface area (Å²) in [5, 5.41) is 17.4. The molecule has 1 aliphatic carbocycles. The molecule has 112 valence electrons.